The summed E-state index contributed by atoms with van der Waals surface area (Å²) in [4.78, 5) is 26.1. The lowest BCUT2D eigenvalue weighted by atomic mass is 10.0. The zero-order valence-corrected chi connectivity index (χ0v) is 16.8. The maximum Gasteiger partial charge on any atom is 0.219 e. The van der Waals surface area contributed by atoms with Gasteiger partial charge in [-0.15, -0.1) is 0 Å². The molecular formula is C22H29N5O. The van der Waals surface area contributed by atoms with E-state index in [1.54, 1.807) is 6.92 Å². The Kier molecular flexibility index (Phi) is 5.57. The van der Waals surface area contributed by atoms with Crippen LogP contribution in [0.3, 0.4) is 0 Å². The fraction of sp³-hybridized carbons (Fsp3) is 0.500. The largest absolute Gasteiger partial charge is 0.373 e. The fourth-order valence-electron chi connectivity index (χ4n) is 4.38. The van der Waals surface area contributed by atoms with Gasteiger partial charge in [-0.25, -0.2) is 9.97 Å². The molecule has 0 saturated carbocycles. The Hall–Kier alpha value is -2.47. The lowest BCUT2D eigenvalue weighted by molar-refractivity contribution is -0.129. The van der Waals surface area contributed by atoms with Crippen LogP contribution in [-0.4, -0.2) is 52.4 Å². The highest BCUT2D eigenvalue weighted by Crippen LogP contribution is 2.33. The third kappa shape index (κ3) is 3.87. The van der Waals surface area contributed by atoms with Crippen LogP contribution in [0.1, 0.15) is 48.5 Å². The zero-order valence-electron chi connectivity index (χ0n) is 16.8. The van der Waals surface area contributed by atoms with E-state index >= 15 is 0 Å². The maximum atomic E-state index is 11.8. The van der Waals surface area contributed by atoms with E-state index in [1.165, 1.54) is 12.0 Å². The molecule has 2 aliphatic heterocycles. The molecule has 28 heavy (non-hydrogen) atoms. The van der Waals surface area contributed by atoms with Crippen LogP contribution in [0.15, 0.2) is 30.3 Å². The Balaban J connectivity index is 1.55. The third-order valence-electron chi connectivity index (χ3n) is 5.96. The van der Waals surface area contributed by atoms with E-state index in [1.807, 2.05) is 11.9 Å². The third-order valence-corrected chi connectivity index (χ3v) is 5.96. The number of likely N-dealkylation sites (tertiary alicyclic amines) is 1. The molecular weight excluding hydrogens is 350 g/mol. The Morgan fingerprint density at radius 2 is 2.04 bits per heavy atom. The minimum absolute atomic E-state index is 0.113. The van der Waals surface area contributed by atoms with Crippen molar-refractivity contribution in [2.24, 2.45) is 0 Å². The molecule has 0 spiro atoms. The van der Waals surface area contributed by atoms with Gasteiger partial charge in [0, 0.05) is 32.6 Å². The molecule has 0 unspecified atom stereocenters. The lowest BCUT2D eigenvalue weighted by Gasteiger charge is -2.30. The number of hydrogen-bond acceptors (Lipinski definition) is 5. The van der Waals surface area contributed by atoms with E-state index in [0.29, 0.717) is 6.54 Å². The Morgan fingerprint density at radius 3 is 2.79 bits per heavy atom. The molecule has 1 amide bonds. The van der Waals surface area contributed by atoms with Crippen LogP contribution in [0.25, 0.3) is 0 Å². The van der Waals surface area contributed by atoms with Gasteiger partial charge >= 0.3 is 0 Å². The number of nitrogens with zero attached hydrogens (tertiary/aromatic N) is 4. The van der Waals surface area contributed by atoms with Crippen LogP contribution in [-0.2, 0) is 24.2 Å². The van der Waals surface area contributed by atoms with E-state index in [-0.39, 0.29) is 11.9 Å². The summed E-state index contributed by atoms with van der Waals surface area (Å²) in [6, 6.07) is 10.9. The first-order valence-corrected chi connectivity index (χ1v) is 10.3. The molecule has 4 rings (SSSR count). The predicted octanol–water partition coefficient (Wildman–Crippen LogP) is 2.80. The molecule has 1 aromatic heterocycles. The molecule has 0 bridgehead atoms. The van der Waals surface area contributed by atoms with E-state index in [9.17, 15) is 4.79 Å². The van der Waals surface area contributed by atoms with Gasteiger partial charge in [0.1, 0.15) is 11.6 Å². The van der Waals surface area contributed by atoms with Gasteiger partial charge in [0.15, 0.2) is 0 Å². The monoisotopic (exact) mass is 379 g/mol. The highest BCUT2D eigenvalue weighted by molar-refractivity contribution is 5.73. The zero-order chi connectivity index (χ0) is 19.5. The molecule has 1 N–H and O–H groups in total. The van der Waals surface area contributed by atoms with Gasteiger partial charge in [0.05, 0.1) is 18.3 Å². The second kappa shape index (κ2) is 8.27. The number of amides is 1. The minimum Gasteiger partial charge on any atom is -0.373 e. The van der Waals surface area contributed by atoms with Gasteiger partial charge in [-0.05, 0) is 37.8 Å². The van der Waals surface area contributed by atoms with Crippen molar-refractivity contribution in [1.29, 1.82) is 0 Å². The van der Waals surface area contributed by atoms with E-state index in [4.69, 9.17) is 9.97 Å². The summed E-state index contributed by atoms with van der Waals surface area (Å²) in [7, 11) is 1.92. The highest BCUT2D eigenvalue weighted by atomic mass is 16.2. The molecule has 6 nitrogen and oxygen atoms in total. The molecule has 148 valence electrons. The van der Waals surface area contributed by atoms with Crippen molar-refractivity contribution < 1.29 is 4.79 Å². The van der Waals surface area contributed by atoms with Crippen molar-refractivity contribution >= 4 is 11.7 Å². The first-order chi connectivity index (χ1) is 13.7. The number of benzene rings is 1. The van der Waals surface area contributed by atoms with Crippen molar-refractivity contribution in [3.05, 3.63) is 53.0 Å². The summed E-state index contributed by atoms with van der Waals surface area (Å²) >= 11 is 0. The molecule has 0 aliphatic carbocycles. The van der Waals surface area contributed by atoms with Gasteiger partial charge in [0.25, 0.3) is 0 Å². The molecule has 1 aromatic carbocycles. The van der Waals surface area contributed by atoms with Gasteiger partial charge in [-0.2, -0.15) is 0 Å². The van der Waals surface area contributed by atoms with Crippen LogP contribution in [0.4, 0.5) is 5.82 Å². The molecule has 6 heteroatoms. The number of rotatable bonds is 5. The van der Waals surface area contributed by atoms with Crippen LogP contribution in [0.5, 0.6) is 0 Å². The second-order valence-corrected chi connectivity index (χ2v) is 7.73. The fourth-order valence-corrected chi connectivity index (χ4v) is 4.38. The van der Waals surface area contributed by atoms with Crippen LogP contribution >= 0.6 is 0 Å². The quantitative estimate of drug-likeness (QED) is 0.866. The smallest absolute Gasteiger partial charge is 0.219 e. The molecule has 1 saturated heterocycles. The van der Waals surface area contributed by atoms with Crippen molar-refractivity contribution in [2.75, 3.05) is 32.0 Å². The molecule has 3 heterocycles. The summed E-state index contributed by atoms with van der Waals surface area (Å²) in [6.07, 6.45) is 4.12. The first kappa shape index (κ1) is 18.9. The number of fused-ring (bicyclic) bond motifs is 1. The summed E-state index contributed by atoms with van der Waals surface area (Å²) < 4.78 is 0. The van der Waals surface area contributed by atoms with Crippen molar-refractivity contribution in [3.8, 4) is 0 Å². The molecule has 0 radical (unpaired) electrons. The van der Waals surface area contributed by atoms with E-state index in [2.05, 4.69) is 40.5 Å². The summed E-state index contributed by atoms with van der Waals surface area (Å²) in [6.45, 7) is 5.07. The van der Waals surface area contributed by atoms with Crippen molar-refractivity contribution in [1.82, 2.24) is 19.8 Å². The summed E-state index contributed by atoms with van der Waals surface area (Å²) in [5.74, 6) is 1.94. The van der Waals surface area contributed by atoms with E-state index < -0.39 is 0 Å². The Morgan fingerprint density at radius 1 is 1.21 bits per heavy atom. The Bertz CT molecular complexity index is 838. The normalized spacial score (nSPS) is 19.5. The van der Waals surface area contributed by atoms with Gasteiger partial charge in [0.2, 0.25) is 5.91 Å². The molecule has 1 atom stereocenters. The highest BCUT2D eigenvalue weighted by Gasteiger charge is 2.31. The van der Waals surface area contributed by atoms with Gasteiger partial charge < -0.3 is 10.2 Å². The first-order valence-electron chi connectivity index (χ1n) is 10.3. The van der Waals surface area contributed by atoms with Crippen molar-refractivity contribution in [3.63, 3.8) is 0 Å². The lowest BCUT2D eigenvalue weighted by Crippen LogP contribution is -2.36. The van der Waals surface area contributed by atoms with E-state index in [0.717, 1.165) is 61.8 Å². The number of aromatic nitrogens is 2. The van der Waals surface area contributed by atoms with Crippen LogP contribution in [0.2, 0.25) is 0 Å². The predicted molar refractivity (Wildman–Crippen MR) is 110 cm³/mol. The second-order valence-electron chi connectivity index (χ2n) is 7.73. The number of carbonyl (C=O) groups excluding carboxylic acids is 1. The minimum atomic E-state index is 0.113. The van der Waals surface area contributed by atoms with Gasteiger partial charge in [-0.1, -0.05) is 30.3 Å². The number of anilines is 1. The summed E-state index contributed by atoms with van der Waals surface area (Å²) in [5.41, 5.74) is 3.54. The Labute approximate surface area is 167 Å². The summed E-state index contributed by atoms with van der Waals surface area (Å²) in [5, 5.41) is 3.26. The number of hydrogen-bond donors (Lipinski definition) is 1. The molecule has 1 fully saturated rings. The SMILES string of the molecule is CNc1nc([C@H]2CCCN2CCc2ccccc2)nc2c1CCN(C(C)=O)C2. The van der Waals surface area contributed by atoms with Crippen molar-refractivity contribution in [2.45, 2.75) is 45.2 Å². The number of nitrogens with one attached hydrogen (secondary N) is 1. The van der Waals surface area contributed by atoms with Crippen LogP contribution in [0, 0.1) is 0 Å². The standard InChI is InChI=1S/C22H29N5O/c1-16(28)27-14-11-18-19(15-27)24-22(25-21(18)23-2)20-9-6-12-26(20)13-10-17-7-4-3-5-8-17/h3-5,7-8,20H,6,9-15H2,1-2H3,(H,23,24,25)/t20-/m1/s1. The average molecular weight is 380 g/mol. The molecule has 2 aliphatic rings. The topological polar surface area (TPSA) is 61.4 Å². The maximum absolute atomic E-state index is 11.8. The van der Waals surface area contributed by atoms with Crippen LogP contribution < -0.4 is 5.32 Å². The molecule has 2 aromatic rings. The van der Waals surface area contributed by atoms with Gasteiger partial charge in [-0.3, -0.25) is 9.69 Å². The average Bonchev–Trinajstić information content (AvgIpc) is 3.20. The number of carbonyl (C=O) groups is 1.